The van der Waals surface area contributed by atoms with Crippen molar-refractivity contribution in [2.75, 3.05) is 12.4 Å². The van der Waals surface area contributed by atoms with Crippen molar-refractivity contribution >= 4 is 11.6 Å². The van der Waals surface area contributed by atoms with Gasteiger partial charge in [0, 0.05) is 12.1 Å². The maximum Gasteiger partial charge on any atom is 0.295 e. The molecule has 0 atom stereocenters. The van der Waals surface area contributed by atoms with Gasteiger partial charge in [0.05, 0.1) is 7.11 Å². The second-order valence-corrected chi connectivity index (χ2v) is 4.04. The summed E-state index contributed by atoms with van der Waals surface area (Å²) in [5.41, 5.74) is 0.674. The summed E-state index contributed by atoms with van der Waals surface area (Å²) in [5.74, 6) is 1.28. The zero-order valence-corrected chi connectivity index (χ0v) is 10.9. The van der Waals surface area contributed by atoms with Crippen LogP contribution < -0.4 is 10.1 Å². The third-order valence-electron chi connectivity index (χ3n) is 2.57. The van der Waals surface area contributed by atoms with Crippen molar-refractivity contribution in [1.82, 2.24) is 15.2 Å². The number of hydrogen-bond acceptors (Lipinski definition) is 4. The molecule has 0 radical (unpaired) electrons. The average Bonchev–Trinajstić information content (AvgIpc) is 2.89. The Balaban J connectivity index is 2.02. The van der Waals surface area contributed by atoms with Crippen LogP contribution in [0.25, 0.3) is 0 Å². The highest BCUT2D eigenvalue weighted by Crippen LogP contribution is 2.15. The molecule has 19 heavy (non-hydrogen) atoms. The first-order valence-corrected chi connectivity index (χ1v) is 6.09. The summed E-state index contributed by atoms with van der Waals surface area (Å²) in [5, 5.41) is 9.37. The van der Waals surface area contributed by atoms with Crippen LogP contribution in [-0.2, 0) is 6.42 Å². The van der Waals surface area contributed by atoms with Crippen molar-refractivity contribution in [2.24, 2.45) is 0 Å². The molecule has 0 aliphatic carbocycles. The normalized spacial score (nSPS) is 10.2. The summed E-state index contributed by atoms with van der Waals surface area (Å²) in [6, 6.07) is 7.07. The molecular formula is C13H16N4O2. The van der Waals surface area contributed by atoms with E-state index in [-0.39, 0.29) is 11.7 Å². The lowest BCUT2D eigenvalue weighted by molar-refractivity contribution is 0.101. The number of amides is 1. The van der Waals surface area contributed by atoms with Gasteiger partial charge in [-0.3, -0.25) is 9.89 Å². The van der Waals surface area contributed by atoms with Crippen molar-refractivity contribution in [1.29, 1.82) is 0 Å². The molecule has 2 rings (SSSR count). The number of carbonyl (C=O) groups is 1. The monoisotopic (exact) mass is 260 g/mol. The van der Waals surface area contributed by atoms with Gasteiger partial charge in [0.2, 0.25) is 5.82 Å². The molecule has 0 spiro atoms. The molecule has 0 bridgehead atoms. The van der Waals surface area contributed by atoms with Gasteiger partial charge in [-0.05, 0) is 30.7 Å². The molecule has 6 nitrogen and oxygen atoms in total. The number of aromatic amines is 1. The summed E-state index contributed by atoms with van der Waals surface area (Å²) < 4.78 is 5.05. The van der Waals surface area contributed by atoms with Gasteiger partial charge in [0.1, 0.15) is 11.6 Å². The van der Waals surface area contributed by atoms with Gasteiger partial charge >= 0.3 is 0 Å². The molecular weight excluding hydrogens is 244 g/mol. The van der Waals surface area contributed by atoms with E-state index in [4.69, 9.17) is 4.74 Å². The van der Waals surface area contributed by atoms with Gasteiger partial charge < -0.3 is 10.1 Å². The highest BCUT2D eigenvalue weighted by atomic mass is 16.5. The van der Waals surface area contributed by atoms with E-state index in [1.54, 1.807) is 31.4 Å². The minimum Gasteiger partial charge on any atom is -0.497 e. The Morgan fingerprint density at radius 3 is 2.74 bits per heavy atom. The fraction of sp³-hybridized carbons (Fsp3) is 0.308. The maximum absolute atomic E-state index is 11.9. The molecule has 1 amide bonds. The molecule has 100 valence electrons. The number of nitrogens with one attached hydrogen (secondary N) is 2. The SMILES string of the molecule is CCCc1nc(C(=O)Nc2ccc(OC)cc2)n[nH]1. The van der Waals surface area contributed by atoms with E-state index < -0.39 is 0 Å². The molecule has 0 unspecified atom stereocenters. The van der Waals surface area contributed by atoms with Gasteiger partial charge in [-0.15, -0.1) is 5.10 Å². The van der Waals surface area contributed by atoms with Crippen LogP contribution in [0.2, 0.25) is 0 Å². The minimum atomic E-state index is -0.330. The zero-order chi connectivity index (χ0) is 13.7. The van der Waals surface area contributed by atoms with Crippen molar-refractivity contribution in [3.05, 3.63) is 35.9 Å². The molecule has 2 aromatic rings. The molecule has 1 aromatic carbocycles. The Morgan fingerprint density at radius 1 is 1.37 bits per heavy atom. The molecule has 0 aliphatic rings. The first-order chi connectivity index (χ1) is 9.22. The molecule has 2 N–H and O–H groups in total. The van der Waals surface area contributed by atoms with Crippen LogP contribution in [0.15, 0.2) is 24.3 Å². The Hall–Kier alpha value is -2.37. The standard InChI is InChI=1S/C13H16N4O2/c1-3-4-11-15-12(17-16-11)13(18)14-9-5-7-10(19-2)8-6-9/h5-8H,3-4H2,1-2H3,(H,14,18)(H,15,16,17). The Morgan fingerprint density at radius 2 is 2.11 bits per heavy atom. The number of ether oxygens (including phenoxy) is 1. The predicted molar refractivity (Wildman–Crippen MR) is 71.3 cm³/mol. The van der Waals surface area contributed by atoms with Gasteiger partial charge in [-0.2, -0.15) is 0 Å². The molecule has 1 heterocycles. The van der Waals surface area contributed by atoms with Crippen molar-refractivity contribution < 1.29 is 9.53 Å². The number of aromatic nitrogens is 3. The van der Waals surface area contributed by atoms with Crippen LogP contribution in [0.1, 0.15) is 29.8 Å². The number of methoxy groups -OCH3 is 1. The van der Waals surface area contributed by atoms with E-state index in [0.29, 0.717) is 5.69 Å². The highest BCUT2D eigenvalue weighted by molar-refractivity contribution is 6.01. The van der Waals surface area contributed by atoms with Crippen molar-refractivity contribution in [3.63, 3.8) is 0 Å². The van der Waals surface area contributed by atoms with E-state index >= 15 is 0 Å². The zero-order valence-electron chi connectivity index (χ0n) is 10.9. The van der Waals surface area contributed by atoms with Crippen molar-refractivity contribution in [3.8, 4) is 5.75 Å². The van der Waals surface area contributed by atoms with Crippen LogP contribution in [0.4, 0.5) is 5.69 Å². The number of H-pyrrole nitrogens is 1. The highest BCUT2D eigenvalue weighted by Gasteiger charge is 2.12. The van der Waals surface area contributed by atoms with Crippen LogP contribution in [-0.4, -0.2) is 28.2 Å². The first kappa shape index (κ1) is 13.1. The second-order valence-electron chi connectivity index (χ2n) is 4.04. The second kappa shape index (κ2) is 5.99. The fourth-order valence-electron chi connectivity index (χ4n) is 1.61. The Bertz CT molecular complexity index is 548. The molecule has 0 saturated carbocycles. The van der Waals surface area contributed by atoms with Crippen LogP contribution >= 0.6 is 0 Å². The summed E-state index contributed by atoms with van der Waals surface area (Å²) in [4.78, 5) is 16.0. The predicted octanol–water partition coefficient (Wildman–Crippen LogP) is 2.02. The molecule has 6 heteroatoms. The van der Waals surface area contributed by atoms with Gasteiger partial charge in [-0.1, -0.05) is 6.92 Å². The maximum atomic E-state index is 11.9. The van der Waals surface area contributed by atoms with E-state index in [1.807, 2.05) is 6.92 Å². The van der Waals surface area contributed by atoms with Gasteiger partial charge in [-0.25, -0.2) is 4.98 Å². The lowest BCUT2D eigenvalue weighted by Gasteiger charge is -2.03. The topological polar surface area (TPSA) is 79.9 Å². The summed E-state index contributed by atoms with van der Waals surface area (Å²) in [6.45, 7) is 2.04. The lowest BCUT2D eigenvalue weighted by Crippen LogP contribution is -2.13. The summed E-state index contributed by atoms with van der Waals surface area (Å²) >= 11 is 0. The first-order valence-electron chi connectivity index (χ1n) is 6.09. The molecule has 0 aliphatic heterocycles. The van der Waals surface area contributed by atoms with E-state index in [1.165, 1.54) is 0 Å². The fourth-order valence-corrected chi connectivity index (χ4v) is 1.61. The summed E-state index contributed by atoms with van der Waals surface area (Å²) in [6.07, 6.45) is 1.73. The smallest absolute Gasteiger partial charge is 0.295 e. The summed E-state index contributed by atoms with van der Waals surface area (Å²) in [7, 11) is 1.59. The largest absolute Gasteiger partial charge is 0.497 e. The van der Waals surface area contributed by atoms with E-state index in [2.05, 4.69) is 20.5 Å². The number of rotatable bonds is 5. The Labute approximate surface area is 111 Å². The van der Waals surface area contributed by atoms with Gasteiger partial charge in [0.25, 0.3) is 5.91 Å². The average molecular weight is 260 g/mol. The van der Waals surface area contributed by atoms with Crippen LogP contribution in [0, 0.1) is 0 Å². The minimum absolute atomic E-state index is 0.152. The van der Waals surface area contributed by atoms with Crippen molar-refractivity contribution in [2.45, 2.75) is 19.8 Å². The van der Waals surface area contributed by atoms with Gasteiger partial charge in [0.15, 0.2) is 0 Å². The number of benzene rings is 1. The number of hydrogen-bond donors (Lipinski definition) is 2. The third kappa shape index (κ3) is 3.31. The number of nitrogens with zero attached hydrogens (tertiary/aromatic N) is 2. The third-order valence-corrected chi connectivity index (χ3v) is 2.57. The Kier molecular flexibility index (Phi) is 4.12. The number of carbonyl (C=O) groups excluding carboxylic acids is 1. The van der Waals surface area contributed by atoms with Crippen LogP contribution in [0.5, 0.6) is 5.75 Å². The lowest BCUT2D eigenvalue weighted by atomic mass is 10.3. The quantitative estimate of drug-likeness (QED) is 0.861. The molecule has 0 saturated heterocycles. The van der Waals surface area contributed by atoms with Crippen LogP contribution in [0.3, 0.4) is 0 Å². The molecule has 1 aromatic heterocycles. The molecule has 0 fully saturated rings. The number of anilines is 1. The van der Waals surface area contributed by atoms with E-state index in [9.17, 15) is 4.79 Å². The van der Waals surface area contributed by atoms with E-state index in [0.717, 1.165) is 24.4 Å². The number of aryl methyl sites for hydroxylation is 1.